The molecular formula is C24H23ClN2O3S. The van der Waals surface area contributed by atoms with Crippen LogP contribution in [0.5, 0.6) is 5.75 Å². The van der Waals surface area contributed by atoms with Gasteiger partial charge in [-0.1, -0.05) is 66.7 Å². The zero-order chi connectivity index (χ0) is 21.0. The van der Waals surface area contributed by atoms with E-state index >= 15 is 0 Å². The zero-order valence-electron chi connectivity index (χ0n) is 16.7. The molecule has 0 amide bonds. The molecule has 0 radical (unpaired) electrons. The molecule has 0 saturated heterocycles. The lowest BCUT2D eigenvalue weighted by Crippen LogP contribution is -2.23. The number of ether oxygens (including phenoxy) is 1. The molecule has 0 saturated carbocycles. The quantitative estimate of drug-likeness (QED) is 0.389. The molecule has 0 atom stereocenters. The lowest BCUT2D eigenvalue weighted by atomic mass is 10.1. The van der Waals surface area contributed by atoms with Crippen LogP contribution in [0.1, 0.15) is 11.1 Å². The number of rotatable bonds is 7. The highest BCUT2D eigenvalue weighted by molar-refractivity contribution is 7.89. The Labute approximate surface area is 188 Å². The first-order valence-corrected chi connectivity index (χ1v) is 11.0. The van der Waals surface area contributed by atoms with Gasteiger partial charge in [-0.2, -0.15) is 0 Å². The largest absolute Gasteiger partial charge is 0.489 e. The number of hydrogen-bond donors (Lipinski definition) is 2. The molecule has 0 aliphatic carbocycles. The summed E-state index contributed by atoms with van der Waals surface area (Å²) >= 11 is 0. The van der Waals surface area contributed by atoms with Crippen LogP contribution < -0.4 is 15.2 Å². The van der Waals surface area contributed by atoms with Crippen molar-refractivity contribution in [2.24, 2.45) is 0 Å². The molecule has 0 bridgehead atoms. The van der Waals surface area contributed by atoms with Gasteiger partial charge in [0, 0.05) is 23.0 Å². The van der Waals surface area contributed by atoms with E-state index in [1.54, 1.807) is 30.3 Å². The van der Waals surface area contributed by atoms with Crippen molar-refractivity contribution in [1.82, 2.24) is 4.72 Å². The van der Waals surface area contributed by atoms with Gasteiger partial charge in [-0.15, -0.1) is 12.4 Å². The van der Waals surface area contributed by atoms with Crippen LogP contribution in [0.3, 0.4) is 0 Å². The molecule has 0 spiro atoms. The molecule has 4 rings (SSSR count). The van der Waals surface area contributed by atoms with Crippen molar-refractivity contribution in [2.75, 3.05) is 5.73 Å². The Morgan fingerprint density at radius 3 is 2.16 bits per heavy atom. The Hall–Kier alpha value is -3.06. The number of sulfonamides is 1. The van der Waals surface area contributed by atoms with Crippen LogP contribution in [0.2, 0.25) is 0 Å². The molecule has 0 aliphatic heterocycles. The monoisotopic (exact) mass is 454 g/mol. The van der Waals surface area contributed by atoms with E-state index in [2.05, 4.69) is 4.72 Å². The van der Waals surface area contributed by atoms with Gasteiger partial charge in [-0.3, -0.25) is 0 Å². The fraction of sp³-hybridized carbons (Fsp3) is 0.0833. The third-order valence-electron chi connectivity index (χ3n) is 4.84. The van der Waals surface area contributed by atoms with E-state index in [1.807, 2.05) is 60.7 Å². The SMILES string of the molecule is Cl.Nc1cccc2c(S(=O)(=O)NCc3ccc(OCc4ccccc4)cc3)cccc12. The Balaban J connectivity index is 0.00000272. The molecule has 0 unspecified atom stereocenters. The normalized spacial score (nSPS) is 11.1. The van der Waals surface area contributed by atoms with Gasteiger partial charge in [0.05, 0.1) is 4.90 Å². The molecule has 4 aromatic rings. The lowest BCUT2D eigenvalue weighted by molar-refractivity contribution is 0.306. The van der Waals surface area contributed by atoms with Crippen LogP contribution in [0, 0.1) is 0 Å². The Kier molecular flexibility index (Phi) is 7.17. The second-order valence-electron chi connectivity index (χ2n) is 6.94. The average molecular weight is 455 g/mol. The summed E-state index contributed by atoms with van der Waals surface area (Å²) in [6.07, 6.45) is 0. The first kappa shape index (κ1) is 22.6. The van der Waals surface area contributed by atoms with Crippen LogP contribution >= 0.6 is 12.4 Å². The fourth-order valence-corrected chi connectivity index (χ4v) is 4.48. The maximum atomic E-state index is 12.9. The summed E-state index contributed by atoms with van der Waals surface area (Å²) in [6.45, 7) is 0.664. The minimum atomic E-state index is -3.70. The van der Waals surface area contributed by atoms with Gasteiger partial charge >= 0.3 is 0 Å². The molecule has 160 valence electrons. The van der Waals surface area contributed by atoms with Gasteiger partial charge in [-0.25, -0.2) is 13.1 Å². The van der Waals surface area contributed by atoms with Crippen LogP contribution in [-0.2, 0) is 23.2 Å². The van der Waals surface area contributed by atoms with Gasteiger partial charge < -0.3 is 10.5 Å². The fourth-order valence-electron chi connectivity index (χ4n) is 3.24. The van der Waals surface area contributed by atoms with E-state index in [0.29, 0.717) is 17.7 Å². The third-order valence-corrected chi connectivity index (χ3v) is 6.30. The van der Waals surface area contributed by atoms with Crippen LogP contribution in [-0.4, -0.2) is 8.42 Å². The highest BCUT2D eigenvalue weighted by Gasteiger charge is 2.17. The van der Waals surface area contributed by atoms with Crippen molar-refractivity contribution < 1.29 is 13.2 Å². The van der Waals surface area contributed by atoms with Crippen molar-refractivity contribution in [3.63, 3.8) is 0 Å². The summed E-state index contributed by atoms with van der Waals surface area (Å²) in [6, 6.07) is 27.7. The van der Waals surface area contributed by atoms with Gasteiger partial charge in [0.1, 0.15) is 12.4 Å². The summed E-state index contributed by atoms with van der Waals surface area (Å²) in [4.78, 5) is 0.218. The predicted molar refractivity (Wildman–Crippen MR) is 127 cm³/mol. The molecular weight excluding hydrogens is 432 g/mol. The van der Waals surface area contributed by atoms with Crippen molar-refractivity contribution >= 4 is 38.9 Å². The van der Waals surface area contributed by atoms with Gasteiger partial charge in [-0.05, 0) is 35.4 Å². The number of anilines is 1. The number of nitrogens with one attached hydrogen (secondary N) is 1. The van der Waals surface area contributed by atoms with E-state index in [0.717, 1.165) is 22.3 Å². The van der Waals surface area contributed by atoms with Crippen molar-refractivity contribution in [2.45, 2.75) is 18.0 Å². The second kappa shape index (κ2) is 9.83. The van der Waals surface area contributed by atoms with E-state index in [1.165, 1.54) is 0 Å². The lowest BCUT2D eigenvalue weighted by Gasteiger charge is -2.11. The Bertz CT molecular complexity index is 1260. The minimum absolute atomic E-state index is 0. The summed E-state index contributed by atoms with van der Waals surface area (Å²) in [7, 11) is -3.70. The first-order chi connectivity index (χ1) is 14.5. The summed E-state index contributed by atoms with van der Waals surface area (Å²) in [5.41, 5.74) is 8.46. The molecule has 7 heteroatoms. The molecule has 31 heavy (non-hydrogen) atoms. The van der Waals surface area contributed by atoms with Crippen molar-refractivity contribution in [1.29, 1.82) is 0 Å². The topological polar surface area (TPSA) is 81.4 Å². The van der Waals surface area contributed by atoms with E-state index < -0.39 is 10.0 Å². The maximum absolute atomic E-state index is 12.9. The van der Waals surface area contributed by atoms with Crippen LogP contribution in [0.4, 0.5) is 5.69 Å². The smallest absolute Gasteiger partial charge is 0.241 e. The molecule has 0 aromatic heterocycles. The third kappa shape index (κ3) is 5.35. The maximum Gasteiger partial charge on any atom is 0.241 e. The molecule has 0 heterocycles. The number of hydrogen-bond acceptors (Lipinski definition) is 4. The molecule has 4 aromatic carbocycles. The van der Waals surface area contributed by atoms with Crippen molar-refractivity contribution in [3.05, 3.63) is 102 Å². The van der Waals surface area contributed by atoms with Gasteiger partial charge in [0.2, 0.25) is 10.0 Å². The molecule has 0 aliphatic rings. The standard InChI is InChI=1S/C24H22N2O3S.ClH/c25-23-10-4-9-22-21(23)8-5-11-24(22)30(27,28)26-16-18-12-14-20(15-13-18)29-17-19-6-2-1-3-7-19;/h1-15,26H,16-17,25H2;1H. The van der Waals surface area contributed by atoms with E-state index in [4.69, 9.17) is 10.5 Å². The van der Waals surface area contributed by atoms with Gasteiger partial charge in [0.15, 0.2) is 0 Å². The Morgan fingerprint density at radius 1 is 0.742 bits per heavy atom. The summed E-state index contributed by atoms with van der Waals surface area (Å²) in [5.74, 6) is 0.731. The highest BCUT2D eigenvalue weighted by atomic mass is 35.5. The molecule has 0 fully saturated rings. The summed E-state index contributed by atoms with van der Waals surface area (Å²) in [5, 5.41) is 1.33. The average Bonchev–Trinajstić information content (AvgIpc) is 2.78. The van der Waals surface area contributed by atoms with Crippen LogP contribution in [0.15, 0.2) is 95.9 Å². The summed E-state index contributed by atoms with van der Waals surface area (Å²) < 4.78 is 34.2. The Morgan fingerprint density at radius 2 is 1.42 bits per heavy atom. The van der Waals surface area contributed by atoms with E-state index in [9.17, 15) is 8.42 Å². The minimum Gasteiger partial charge on any atom is -0.489 e. The van der Waals surface area contributed by atoms with Crippen LogP contribution in [0.25, 0.3) is 10.8 Å². The predicted octanol–water partition coefficient (Wildman–Crippen LogP) is 4.90. The molecule has 5 nitrogen and oxygen atoms in total. The first-order valence-electron chi connectivity index (χ1n) is 9.55. The number of nitrogens with two attached hydrogens (primary N) is 1. The number of halogens is 1. The molecule has 3 N–H and O–H groups in total. The zero-order valence-corrected chi connectivity index (χ0v) is 18.3. The number of benzene rings is 4. The van der Waals surface area contributed by atoms with Gasteiger partial charge in [0.25, 0.3) is 0 Å². The van der Waals surface area contributed by atoms with Crippen molar-refractivity contribution in [3.8, 4) is 5.75 Å². The van der Waals surface area contributed by atoms with E-state index in [-0.39, 0.29) is 23.8 Å². The highest BCUT2D eigenvalue weighted by Crippen LogP contribution is 2.27. The number of nitrogen functional groups attached to an aromatic ring is 1. The second-order valence-corrected chi connectivity index (χ2v) is 8.68. The number of fused-ring (bicyclic) bond motifs is 1.